The molecular formula is C45H44N10O4. The Morgan fingerprint density at radius 1 is 0.949 bits per heavy atom. The molecule has 1 amide bonds. The largest absolute Gasteiger partial charge is 0.457 e. The second-order valence-electron chi connectivity index (χ2n) is 15.6. The number of H-pyrrole nitrogens is 2. The summed E-state index contributed by atoms with van der Waals surface area (Å²) < 4.78 is 9.13. The zero-order valence-corrected chi connectivity index (χ0v) is 33.1. The van der Waals surface area contributed by atoms with Gasteiger partial charge in [-0.1, -0.05) is 75.9 Å². The van der Waals surface area contributed by atoms with Gasteiger partial charge in [-0.3, -0.25) is 19.0 Å². The summed E-state index contributed by atoms with van der Waals surface area (Å²) in [5, 5.41) is 5.78. The molecule has 14 nitrogen and oxygen atoms in total. The standard InChI is InChI=1S/C45H44N10O4/c1-28(24-54-36(23-34-39(45(2,3)4)48-26-47-34)42(56)51-35(44(54)58)22-29-12-7-5-8-13-29)43(57)53-21-11-14-31(25-53)55-41-37(40(46)49-27-50-41)38(52-55)30-17-19-33(20-18-30)59-32-15-9-6-10-16-32/h5-10,12-13,15-20,22-23,26-27,31H,1,11,14,21,24-25H2,2-4H3,(H,47,48)(H,51,56)(H2,46,49,50)/b35-22-,36-23-. The van der Waals surface area contributed by atoms with Crippen molar-refractivity contribution < 1.29 is 9.53 Å². The van der Waals surface area contributed by atoms with Crippen LogP contribution in [0, 0.1) is 0 Å². The Kier molecular flexibility index (Phi) is 10.4. The first kappa shape index (κ1) is 38.5. The van der Waals surface area contributed by atoms with Crippen LogP contribution in [0.3, 0.4) is 0 Å². The minimum atomic E-state index is -0.506. The Morgan fingerprint density at radius 3 is 2.39 bits per heavy atom. The average molecular weight is 789 g/mol. The summed E-state index contributed by atoms with van der Waals surface area (Å²) in [4.78, 5) is 63.3. The molecule has 14 heteroatoms. The molecule has 0 spiro atoms. The number of nitrogens with zero attached hydrogens (tertiary/aromatic N) is 7. The molecule has 0 bridgehead atoms. The zero-order valence-electron chi connectivity index (χ0n) is 33.1. The van der Waals surface area contributed by atoms with Crippen LogP contribution in [0.15, 0.2) is 119 Å². The molecule has 8 rings (SSSR count). The number of ether oxygens (including phenoxy) is 1. The van der Waals surface area contributed by atoms with E-state index >= 15 is 0 Å². The number of nitrogen functional groups attached to an aromatic ring is 1. The van der Waals surface area contributed by atoms with Crippen molar-refractivity contribution in [2.75, 3.05) is 18.8 Å². The van der Waals surface area contributed by atoms with E-state index in [4.69, 9.17) is 15.6 Å². The molecule has 7 aromatic rings. The van der Waals surface area contributed by atoms with Crippen molar-refractivity contribution in [1.82, 2.24) is 44.2 Å². The lowest BCUT2D eigenvalue weighted by Crippen LogP contribution is -2.54. The number of anilines is 1. The van der Waals surface area contributed by atoms with Crippen molar-refractivity contribution in [3.05, 3.63) is 158 Å². The van der Waals surface area contributed by atoms with Gasteiger partial charge in [0.15, 0.2) is 5.65 Å². The molecule has 0 saturated carbocycles. The van der Waals surface area contributed by atoms with Gasteiger partial charge in [-0.15, -0.1) is 0 Å². The van der Waals surface area contributed by atoms with Crippen molar-refractivity contribution in [2.45, 2.75) is 51.6 Å². The Labute approximate surface area is 339 Å². The molecule has 1 aliphatic heterocycles. The molecule has 0 radical (unpaired) electrons. The van der Waals surface area contributed by atoms with Gasteiger partial charge < -0.3 is 25.3 Å². The molecule has 59 heavy (non-hydrogen) atoms. The normalized spacial score (nSPS) is 15.2. The van der Waals surface area contributed by atoms with E-state index in [2.05, 4.69) is 31.5 Å². The van der Waals surface area contributed by atoms with Crippen LogP contribution in [0.1, 0.15) is 56.6 Å². The molecule has 1 aliphatic rings. The van der Waals surface area contributed by atoms with Crippen LogP contribution in [0.4, 0.5) is 5.82 Å². The van der Waals surface area contributed by atoms with E-state index in [9.17, 15) is 14.4 Å². The van der Waals surface area contributed by atoms with Crippen molar-refractivity contribution in [3.63, 3.8) is 0 Å². The number of carbonyl (C=O) groups is 1. The highest BCUT2D eigenvalue weighted by atomic mass is 16.5. The predicted octanol–water partition coefficient (Wildman–Crippen LogP) is 4.82. The van der Waals surface area contributed by atoms with Gasteiger partial charge in [0.1, 0.15) is 40.0 Å². The monoisotopic (exact) mass is 788 g/mol. The lowest BCUT2D eigenvalue weighted by atomic mass is 9.90. The number of nitrogens with two attached hydrogens (primary N) is 1. The third kappa shape index (κ3) is 7.97. The van der Waals surface area contributed by atoms with Crippen molar-refractivity contribution in [3.8, 4) is 22.8 Å². The van der Waals surface area contributed by atoms with Gasteiger partial charge in [0.05, 0.1) is 30.0 Å². The lowest BCUT2D eigenvalue weighted by molar-refractivity contribution is -0.129. The highest BCUT2D eigenvalue weighted by molar-refractivity contribution is 5.98. The molecule has 3 aromatic carbocycles. The van der Waals surface area contributed by atoms with Gasteiger partial charge in [0, 0.05) is 35.3 Å². The Hall–Kier alpha value is -7.35. The third-order valence-electron chi connectivity index (χ3n) is 10.4. The highest BCUT2D eigenvalue weighted by Gasteiger charge is 2.30. The summed E-state index contributed by atoms with van der Waals surface area (Å²) in [6, 6.07) is 26.1. The van der Waals surface area contributed by atoms with E-state index in [1.807, 2.05) is 110 Å². The first-order chi connectivity index (χ1) is 28.4. The number of amides is 1. The smallest absolute Gasteiger partial charge is 0.275 e. The SMILES string of the molecule is C=C(Cn1c(=O)/c(=C/c2ccccc2)[nH]c(=O)/c1=C/c1nc[nH]c1C(C)(C)C)C(=O)N1CCCC(n2nc(-c3ccc(Oc4ccccc4)cc3)c3c(N)ncnc32)C1. The van der Waals surface area contributed by atoms with Crippen LogP contribution >= 0.6 is 0 Å². The Bertz CT molecular complexity index is 2920. The second kappa shape index (κ2) is 15.9. The van der Waals surface area contributed by atoms with Crippen LogP contribution in [0.25, 0.3) is 34.4 Å². The minimum absolute atomic E-state index is 0.0516. The Balaban J connectivity index is 1.10. The van der Waals surface area contributed by atoms with E-state index in [0.717, 1.165) is 29.0 Å². The molecule has 1 saturated heterocycles. The quantitative estimate of drug-likeness (QED) is 0.173. The maximum Gasteiger partial charge on any atom is 0.275 e. The number of imidazole rings is 1. The topological polar surface area (TPSA) is 183 Å². The molecular weight excluding hydrogens is 745 g/mol. The van der Waals surface area contributed by atoms with Crippen LogP contribution in [0.5, 0.6) is 11.5 Å². The van der Waals surface area contributed by atoms with Gasteiger partial charge in [-0.2, -0.15) is 5.10 Å². The van der Waals surface area contributed by atoms with Gasteiger partial charge >= 0.3 is 0 Å². The summed E-state index contributed by atoms with van der Waals surface area (Å²) >= 11 is 0. The van der Waals surface area contributed by atoms with E-state index < -0.39 is 11.1 Å². The molecule has 1 fully saturated rings. The summed E-state index contributed by atoms with van der Waals surface area (Å²) in [6.45, 7) is 10.8. The number of aromatic nitrogens is 8. The number of carbonyl (C=O) groups excluding carboxylic acids is 1. The van der Waals surface area contributed by atoms with Crippen LogP contribution in [-0.4, -0.2) is 63.2 Å². The van der Waals surface area contributed by atoms with Crippen molar-refractivity contribution >= 4 is 34.9 Å². The number of hydrogen-bond acceptors (Lipinski definition) is 9. The van der Waals surface area contributed by atoms with Gasteiger partial charge in [-0.25, -0.2) is 19.6 Å². The van der Waals surface area contributed by atoms with Crippen LogP contribution in [0.2, 0.25) is 0 Å². The second-order valence-corrected chi connectivity index (χ2v) is 15.6. The first-order valence-corrected chi connectivity index (χ1v) is 19.4. The molecule has 1 unspecified atom stereocenters. The molecule has 0 aliphatic carbocycles. The fourth-order valence-electron chi connectivity index (χ4n) is 7.45. The fourth-order valence-corrected chi connectivity index (χ4v) is 7.45. The third-order valence-corrected chi connectivity index (χ3v) is 10.4. The summed E-state index contributed by atoms with van der Waals surface area (Å²) in [6.07, 6.45) is 7.57. The van der Waals surface area contributed by atoms with E-state index in [1.165, 1.54) is 10.9 Å². The number of benzene rings is 3. The summed E-state index contributed by atoms with van der Waals surface area (Å²) in [5.74, 6) is 1.35. The number of rotatable bonds is 9. The maximum absolute atomic E-state index is 14.3. The van der Waals surface area contributed by atoms with E-state index in [-0.39, 0.29) is 40.2 Å². The minimum Gasteiger partial charge on any atom is -0.457 e. The van der Waals surface area contributed by atoms with Gasteiger partial charge in [-0.05, 0) is 67.0 Å². The van der Waals surface area contributed by atoms with E-state index in [1.54, 1.807) is 23.4 Å². The number of para-hydroxylation sites is 1. The zero-order chi connectivity index (χ0) is 41.3. The highest BCUT2D eigenvalue weighted by Crippen LogP contribution is 2.35. The summed E-state index contributed by atoms with van der Waals surface area (Å²) in [5.41, 5.74) is 9.29. The predicted molar refractivity (Wildman–Crippen MR) is 227 cm³/mol. The molecule has 4 aromatic heterocycles. The number of aromatic amines is 2. The average Bonchev–Trinajstić information content (AvgIpc) is 3.88. The molecule has 298 valence electrons. The maximum atomic E-state index is 14.3. The summed E-state index contributed by atoms with van der Waals surface area (Å²) in [7, 11) is 0. The molecule has 5 heterocycles. The Morgan fingerprint density at radius 2 is 1.66 bits per heavy atom. The van der Waals surface area contributed by atoms with Crippen LogP contribution in [-0.2, 0) is 16.8 Å². The number of nitrogens with one attached hydrogen (secondary N) is 2. The fraction of sp³-hybridized carbons (Fsp3) is 0.222. The van der Waals surface area contributed by atoms with Crippen LogP contribution < -0.4 is 32.3 Å². The molecule has 4 N–H and O–H groups in total. The first-order valence-electron chi connectivity index (χ1n) is 19.4. The molecule has 1 atom stereocenters. The van der Waals surface area contributed by atoms with Crippen molar-refractivity contribution in [2.24, 2.45) is 0 Å². The number of likely N-dealkylation sites (tertiary alicyclic amines) is 1. The van der Waals surface area contributed by atoms with Crippen molar-refractivity contribution in [1.29, 1.82) is 0 Å². The van der Waals surface area contributed by atoms with Gasteiger partial charge in [0.2, 0.25) is 0 Å². The number of fused-ring (bicyclic) bond motifs is 1. The number of piperidine rings is 1. The lowest BCUT2D eigenvalue weighted by Gasteiger charge is -2.33. The van der Waals surface area contributed by atoms with Gasteiger partial charge in [0.25, 0.3) is 17.0 Å². The number of hydrogen-bond donors (Lipinski definition) is 3. The van der Waals surface area contributed by atoms with E-state index in [0.29, 0.717) is 53.5 Å².